The minimum absolute atomic E-state index is 0.252. The molecule has 0 saturated carbocycles. The lowest BCUT2D eigenvalue weighted by Crippen LogP contribution is -2.39. The minimum Gasteiger partial charge on any atom is -0.326 e. The zero-order valence-electron chi connectivity index (χ0n) is 11.3. The van der Waals surface area contributed by atoms with Crippen molar-refractivity contribution in [2.45, 2.75) is 45.2 Å². The van der Waals surface area contributed by atoms with E-state index >= 15 is 0 Å². The zero-order valence-corrected chi connectivity index (χ0v) is 12.9. The van der Waals surface area contributed by atoms with Gasteiger partial charge in [0.15, 0.2) is 0 Å². The molecule has 2 N–H and O–H groups in total. The van der Waals surface area contributed by atoms with E-state index in [9.17, 15) is 0 Å². The topological polar surface area (TPSA) is 29.3 Å². The average Bonchev–Trinajstić information content (AvgIpc) is 2.54. The van der Waals surface area contributed by atoms with E-state index in [-0.39, 0.29) is 6.04 Å². The van der Waals surface area contributed by atoms with Gasteiger partial charge in [-0.15, -0.1) is 0 Å². The lowest BCUT2D eigenvalue weighted by molar-refractivity contribution is 0.195. The molecule has 0 spiro atoms. The first-order valence-electron chi connectivity index (χ1n) is 6.89. The SMILES string of the molecule is CCN1CCCCC(N)C1c1ccc(C)c(Br)c1. The fourth-order valence-electron chi connectivity index (χ4n) is 2.87. The van der Waals surface area contributed by atoms with Gasteiger partial charge < -0.3 is 5.73 Å². The fraction of sp³-hybridized carbons (Fsp3) is 0.600. The third-order valence-corrected chi connectivity index (χ3v) is 4.83. The molecule has 100 valence electrons. The molecule has 0 amide bonds. The van der Waals surface area contributed by atoms with Crippen LogP contribution in [0.3, 0.4) is 0 Å². The molecule has 2 nitrogen and oxygen atoms in total. The van der Waals surface area contributed by atoms with Gasteiger partial charge in [-0.3, -0.25) is 4.90 Å². The molecule has 1 aliphatic rings. The van der Waals surface area contributed by atoms with Crippen LogP contribution in [0.4, 0.5) is 0 Å². The normalized spacial score (nSPS) is 26.0. The number of hydrogen-bond acceptors (Lipinski definition) is 2. The first kappa shape index (κ1) is 14.0. The highest BCUT2D eigenvalue weighted by atomic mass is 79.9. The maximum atomic E-state index is 6.41. The van der Waals surface area contributed by atoms with Crippen LogP contribution in [0.5, 0.6) is 0 Å². The standard InChI is InChI=1S/C15H23BrN2/c1-3-18-9-5-4-6-14(17)15(18)12-8-7-11(2)13(16)10-12/h7-8,10,14-15H,3-6,9,17H2,1-2H3. The number of benzene rings is 1. The summed E-state index contributed by atoms with van der Waals surface area (Å²) in [6.45, 7) is 6.59. The third-order valence-electron chi connectivity index (χ3n) is 3.98. The van der Waals surface area contributed by atoms with Crippen molar-refractivity contribution in [2.75, 3.05) is 13.1 Å². The summed E-state index contributed by atoms with van der Waals surface area (Å²) in [6, 6.07) is 7.29. The van der Waals surface area contributed by atoms with Crippen LogP contribution in [0.1, 0.15) is 43.4 Å². The van der Waals surface area contributed by atoms with E-state index in [0.717, 1.165) is 13.0 Å². The summed E-state index contributed by atoms with van der Waals surface area (Å²) in [5, 5.41) is 0. The predicted molar refractivity (Wildman–Crippen MR) is 80.7 cm³/mol. The molecule has 2 rings (SSSR count). The molecule has 1 saturated heterocycles. The molecule has 0 aliphatic carbocycles. The van der Waals surface area contributed by atoms with Gasteiger partial charge in [0, 0.05) is 16.6 Å². The van der Waals surface area contributed by atoms with Crippen LogP contribution in [0.25, 0.3) is 0 Å². The number of hydrogen-bond donors (Lipinski definition) is 1. The van der Waals surface area contributed by atoms with Crippen LogP contribution >= 0.6 is 15.9 Å². The van der Waals surface area contributed by atoms with E-state index in [1.165, 1.54) is 35.0 Å². The van der Waals surface area contributed by atoms with Crippen molar-refractivity contribution < 1.29 is 0 Å². The number of rotatable bonds is 2. The van der Waals surface area contributed by atoms with Gasteiger partial charge in [-0.1, -0.05) is 41.4 Å². The van der Waals surface area contributed by atoms with Gasteiger partial charge in [-0.2, -0.15) is 0 Å². The molecular weight excluding hydrogens is 288 g/mol. The molecule has 2 atom stereocenters. The quantitative estimate of drug-likeness (QED) is 0.903. The van der Waals surface area contributed by atoms with E-state index in [0.29, 0.717) is 6.04 Å². The molecular formula is C15H23BrN2. The number of nitrogens with zero attached hydrogens (tertiary/aromatic N) is 1. The summed E-state index contributed by atoms with van der Waals surface area (Å²) in [5.74, 6) is 0. The second kappa shape index (κ2) is 6.18. The van der Waals surface area contributed by atoms with Crippen LogP contribution in [0.2, 0.25) is 0 Å². The van der Waals surface area contributed by atoms with Crippen LogP contribution in [-0.2, 0) is 0 Å². The minimum atomic E-state index is 0.252. The molecule has 3 heteroatoms. The van der Waals surface area contributed by atoms with Crippen molar-refractivity contribution in [1.82, 2.24) is 4.90 Å². The number of likely N-dealkylation sites (N-methyl/N-ethyl adjacent to an activating group) is 1. The highest BCUT2D eigenvalue weighted by Crippen LogP contribution is 2.31. The van der Waals surface area contributed by atoms with Gasteiger partial charge in [-0.25, -0.2) is 0 Å². The first-order chi connectivity index (χ1) is 8.63. The molecule has 1 heterocycles. The van der Waals surface area contributed by atoms with Crippen molar-refractivity contribution in [3.8, 4) is 0 Å². The summed E-state index contributed by atoms with van der Waals surface area (Å²) in [4.78, 5) is 2.52. The summed E-state index contributed by atoms with van der Waals surface area (Å²) in [7, 11) is 0. The molecule has 0 aromatic heterocycles. The van der Waals surface area contributed by atoms with E-state index < -0.39 is 0 Å². The first-order valence-corrected chi connectivity index (χ1v) is 7.68. The Labute approximate surface area is 119 Å². The van der Waals surface area contributed by atoms with Crippen molar-refractivity contribution in [3.05, 3.63) is 33.8 Å². The smallest absolute Gasteiger partial charge is 0.0499 e. The Morgan fingerprint density at radius 2 is 2.17 bits per heavy atom. The highest BCUT2D eigenvalue weighted by Gasteiger charge is 2.27. The van der Waals surface area contributed by atoms with Gasteiger partial charge in [0.1, 0.15) is 0 Å². The average molecular weight is 311 g/mol. The molecule has 1 aliphatic heterocycles. The second-order valence-electron chi connectivity index (χ2n) is 5.24. The van der Waals surface area contributed by atoms with Crippen LogP contribution in [0, 0.1) is 6.92 Å². The van der Waals surface area contributed by atoms with Crippen molar-refractivity contribution in [3.63, 3.8) is 0 Å². The highest BCUT2D eigenvalue weighted by molar-refractivity contribution is 9.10. The fourth-order valence-corrected chi connectivity index (χ4v) is 3.27. The summed E-state index contributed by atoms with van der Waals surface area (Å²) in [5.41, 5.74) is 9.04. The predicted octanol–water partition coefficient (Wildman–Crippen LogP) is 3.63. The lowest BCUT2D eigenvalue weighted by atomic mass is 9.95. The Hall–Kier alpha value is -0.380. The van der Waals surface area contributed by atoms with Crippen LogP contribution in [0.15, 0.2) is 22.7 Å². The van der Waals surface area contributed by atoms with E-state index in [2.05, 4.69) is 52.9 Å². The van der Waals surface area contributed by atoms with Crippen molar-refractivity contribution >= 4 is 15.9 Å². The summed E-state index contributed by atoms with van der Waals surface area (Å²) < 4.78 is 1.19. The Morgan fingerprint density at radius 1 is 1.39 bits per heavy atom. The molecule has 1 aromatic carbocycles. The number of halogens is 1. The Bertz CT molecular complexity index is 405. The zero-order chi connectivity index (χ0) is 13.1. The Kier molecular flexibility index (Phi) is 4.82. The maximum absolute atomic E-state index is 6.41. The third kappa shape index (κ3) is 2.95. The largest absolute Gasteiger partial charge is 0.326 e. The van der Waals surface area contributed by atoms with Gasteiger partial charge in [-0.05, 0) is 50.0 Å². The second-order valence-corrected chi connectivity index (χ2v) is 6.10. The number of likely N-dealkylation sites (tertiary alicyclic amines) is 1. The van der Waals surface area contributed by atoms with E-state index in [1.807, 2.05) is 0 Å². The van der Waals surface area contributed by atoms with Crippen LogP contribution in [-0.4, -0.2) is 24.0 Å². The monoisotopic (exact) mass is 310 g/mol. The van der Waals surface area contributed by atoms with E-state index in [1.54, 1.807) is 0 Å². The lowest BCUT2D eigenvalue weighted by Gasteiger charge is -2.33. The van der Waals surface area contributed by atoms with Gasteiger partial charge >= 0.3 is 0 Å². The molecule has 0 radical (unpaired) electrons. The molecule has 1 aromatic rings. The van der Waals surface area contributed by atoms with Gasteiger partial charge in [0.25, 0.3) is 0 Å². The molecule has 1 fully saturated rings. The molecule has 0 bridgehead atoms. The van der Waals surface area contributed by atoms with Crippen molar-refractivity contribution in [1.29, 1.82) is 0 Å². The maximum Gasteiger partial charge on any atom is 0.0499 e. The Balaban J connectivity index is 2.33. The van der Waals surface area contributed by atoms with E-state index in [4.69, 9.17) is 5.73 Å². The summed E-state index contributed by atoms with van der Waals surface area (Å²) in [6.07, 6.45) is 3.65. The van der Waals surface area contributed by atoms with Gasteiger partial charge in [0.2, 0.25) is 0 Å². The molecule has 2 unspecified atom stereocenters. The molecule has 18 heavy (non-hydrogen) atoms. The number of aryl methyl sites for hydroxylation is 1. The van der Waals surface area contributed by atoms with Crippen LogP contribution < -0.4 is 5.73 Å². The number of nitrogens with two attached hydrogens (primary N) is 1. The Morgan fingerprint density at radius 3 is 2.83 bits per heavy atom. The van der Waals surface area contributed by atoms with Gasteiger partial charge in [0.05, 0.1) is 0 Å². The summed E-state index contributed by atoms with van der Waals surface area (Å²) >= 11 is 3.63. The van der Waals surface area contributed by atoms with Crippen molar-refractivity contribution in [2.24, 2.45) is 5.73 Å².